The number of carbonyl (C=O) groups is 2. The molecule has 1 amide bonds. The van der Waals surface area contributed by atoms with Gasteiger partial charge in [0.1, 0.15) is 0 Å². The van der Waals surface area contributed by atoms with Gasteiger partial charge in [0, 0.05) is 0 Å². The summed E-state index contributed by atoms with van der Waals surface area (Å²) in [6.07, 6.45) is 4.74. The molecular formula is C16H15NO4. The number of hydrogen-bond acceptors (Lipinski definition) is 4. The maximum atomic E-state index is 11.5. The van der Waals surface area contributed by atoms with Gasteiger partial charge in [-0.1, -0.05) is 30.4 Å². The molecule has 1 aliphatic rings. The van der Waals surface area contributed by atoms with Gasteiger partial charge in [-0.15, -0.1) is 0 Å². The van der Waals surface area contributed by atoms with Crippen molar-refractivity contribution in [2.24, 2.45) is 5.73 Å². The highest BCUT2D eigenvalue weighted by Gasteiger charge is 2.12. The summed E-state index contributed by atoms with van der Waals surface area (Å²) in [6, 6.07) is 5.56. The first-order chi connectivity index (χ1) is 9.97. The van der Waals surface area contributed by atoms with Gasteiger partial charge >= 0.3 is 0 Å². The smallest absolute Gasteiger partial charge is 0.252 e. The summed E-state index contributed by atoms with van der Waals surface area (Å²) >= 11 is 0. The molecule has 21 heavy (non-hydrogen) atoms. The van der Waals surface area contributed by atoms with Crippen molar-refractivity contribution in [3.63, 3.8) is 0 Å². The minimum Gasteiger partial charge on any atom is -0.454 e. The molecule has 0 aromatic heterocycles. The van der Waals surface area contributed by atoms with Crippen molar-refractivity contribution in [1.29, 1.82) is 0 Å². The highest BCUT2D eigenvalue weighted by atomic mass is 16.7. The largest absolute Gasteiger partial charge is 0.454 e. The second kappa shape index (κ2) is 6.09. The monoisotopic (exact) mass is 285 g/mol. The van der Waals surface area contributed by atoms with E-state index in [0.717, 1.165) is 11.1 Å². The van der Waals surface area contributed by atoms with E-state index in [1.54, 1.807) is 6.08 Å². The highest BCUT2D eigenvalue weighted by Crippen LogP contribution is 2.33. The van der Waals surface area contributed by atoms with Crippen molar-refractivity contribution in [3.05, 3.63) is 53.6 Å². The van der Waals surface area contributed by atoms with Gasteiger partial charge in [-0.3, -0.25) is 9.59 Å². The second-order valence-electron chi connectivity index (χ2n) is 4.54. The van der Waals surface area contributed by atoms with Crippen molar-refractivity contribution in [1.82, 2.24) is 0 Å². The molecule has 5 nitrogen and oxygen atoms in total. The lowest BCUT2D eigenvalue weighted by molar-refractivity contribution is -0.118. The molecule has 5 heteroatoms. The molecule has 1 aromatic rings. The first kappa shape index (κ1) is 14.6. The summed E-state index contributed by atoms with van der Waals surface area (Å²) in [5.74, 6) is 0.0926. The maximum Gasteiger partial charge on any atom is 0.252 e. The molecule has 0 saturated heterocycles. The summed E-state index contributed by atoms with van der Waals surface area (Å²) in [6.45, 7) is 5.39. The third kappa shape index (κ3) is 3.60. The maximum absolute atomic E-state index is 11.5. The lowest BCUT2D eigenvalue weighted by atomic mass is 10.1. The van der Waals surface area contributed by atoms with Crippen LogP contribution in [0.25, 0.3) is 6.08 Å². The summed E-state index contributed by atoms with van der Waals surface area (Å²) in [5, 5.41) is 0. The number of ether oxygens (including phenoxy) is 2. The number of rotatable bonds is 5. The summed E-state index contributed by atoms with van der Waals surface area (Å²) < 4.78 is 10.5. The van der Waals surface area contributed by atoms with E-state index in [1.807, 2.05) is 31.2 Å². The molecule has 1 heterocycles. The third-order valence-electron chi connectivity index (χ3n) is 2.88. The van der Waals surface area contributed by atoms with Gasteiger partial charge in [-0.2, -0.15) is 0 Å². The van der Waals surface area contributed by atoms with Gasteiger partial charge in [0.2, 0.25) is 6.79 Å². The van der Waals surface area contributed by atoms with E-state index >= 15 is 0 Å². The van der Waals surface area contributed by atoms with E-state index in [-0.39, 0.29) is 12.4 Å². The summed E-state index contributed by atoms with van der Waals surface area (Å²) in [4.78, 5) is 22.4. The number of fused-ring (bicyclic) bond motifs is 1. The number of ketones is 1. The molecule has 0 saturated carbocycles. The van der Waals surface area contributed by atoms with Crippen molar-refractivity contribution in [2.45, 2.75) is 6.92 Å². The van der Waals surface area contributed by atoms with Gasteiger partial charge < -0.3 is 15.2 Å². The number of nitrogens with two attached hydrogens (primary N) is 1. The van der Waals surface area contributed by atoms with E-state index in [1.165, 1.54) is 6.08 Å². The lowest BCUT2D eigenvalue weighted by Crippen LogP contribution is -2.18. The van der Waals surface area contributed by atoms with Crippen LogP contribution < -0.4 is 15.2 Å². The summed E-state index contributed by atoms with van der Waals surface area (Å²) in [7, 11) is 0. The number of allylic oxidation sites excluding steroid dienone is 3. The van der Waals surface area contributed by atoms with Crippen LogP contribution in [-0.2, 0) is 9.59 Å². The van der Waals surface area contributed by atoms with Crippen LogP contribution in [0.5, 0.6) is 11.5 Å². The van der Waals surface area contributed by atoms with Crippen LogP contribution in [0, 0.1) is 0 Å². The zero-order valence-corrected chi connectivity index (χ0v) is 11.6. The third-order valence-corrected chi connectivity index (χ3v) is 2.88. The van der Waals surface area contributed by atoms with E-state index in [0.29, 0.717) is 11.5 Å². The number of hydrogen-bond donors (Lipinski definition) is 1. The molecule has 0 radical (unpaired) electrons. The Morgan fingerprint density at radius 2 is 1.95 bits per heavy atom. The molecule has 0 atom stereocenters. The van der Waals surface area contributed by atoms with Gasteiger partial charge in [-0.25, -0.2) is 0 Å². The Balaban J connectivity index is 2.09. The Kier molecular flexibility index (Phi) is 4.23. The van der Waals surface area contributed by atoms with Crippen molar-refractivity contribution in [2.75, 3.05) is 6.79 Å². The molecule has 2 N–H and O–H groups in total. The van der Waals surface area contributed by atoms with Crippen LogP contribution in [0.4, 0.5) is 0 Å². The predicted octanol–water partition coefficient (Wildman–Crippen LogP) is 1.99. The van der Waals surface area contributed by atoms with Crippen molar-refractivity contribution in [3.8, 4) is 11.5 Å². The Hall–Kier alpha value is -2.82. The standard InChI is InChI=1S/C16H15NO4/c1-10(3-5-13(18)11(2)16(17)19)7-12-4-6-14-15(8-12)21-9-20-14/h3-8H,2,9H2,1H3,(H2,17,19). The van der Waals surface area contributed by atoms with Crippen LogP contribution >= 0.6 is 0 Å². The number of carbonyl (C=O) groups excluding carboxylic acids is 2. The Labute approximate surface area is 122 Å². The fourth-order valence-corrected chi connectivity index (χ4v) is 1.74. The van der Waals surface area contributed by atoms with Gasteiger partial charge in [0.25, 0.3) is 5.91 Å². The first-order valence-electron chi connectivity index (χ1n) is 6.26. The molecule has 0 spiro atoms. The topological polar surface area (TPSA) is 78.6 Å². The zero-order chi connectivity index (χ0) is 15.4. The normalized spacial score (nSPS) is 13.5. The molecule has 0 unspecified atom stereocenters. The van der Waals surface area contributed by atoms with Gasteiger partial charge in [-0.05, 0) is 30.7 Å². The Morgan fingerprint density at radius 3 is 2.67 bits per heavy atom. The SMILES string of the molecule is C=C(C(N)=O)C(=O)C=CC(C)=Cc1ccc2c(c1)OCO2. The lowest BCUT2D eigenvalue weighted by Gasteiger charge is -1.99. The van der Waals surface area contributed by atoms with Gasteiger partial charge in [0.05, 0.1) is 5.57 Å². The molecule has 0 fully saturated rings. The molecular weight excluding hydrogens is 270 g/mol. The van der Waals surface area contributed by atoms with Crippen molar-refractivity contribution < 1.29 is 19.1 Å². The van der Waals surface area contributed by atoms with Crippen LogP contribution in [0.3, 0.4) is 0 Å². The van der Waals surface area contributed by atoms with Crippen LogP contribution in [-0.4, -0.2) is 18.5 Å². The van der Waals surface area contributed by atoms with Crippen molar-refractivity contribution >= 4 is 17.8 Å². The van der Waals surface area contributed by atoms with Crippen LogP contribution in [0.15, 0.2) is 48.1 Å². The number of benzene rings is 1. The summed E-state index contributed by atoms with van der Waals surface area (Å²) in [5.41, 5.74) is 6.50. The molecule has 0 aliphatic carbocycles. The van der Waals surface area contributed by atoms with E-state index < -0.39 is 11.7 Å². The Morgan fingerprint density at radius 1 is 1.24 bits per heavy atom. The average molecular weight is 285 g/mol. The molecule has 1 aromatic carbocycles. The van der Waals surface area contributed by atoms with Crippen LogP contribution in [0.2, 0.25) is 0 Å². The van der Waals surface area contributed by atoms with E-state index in [9.17, 15) is 9.59 Å². The predicted molar refractivity (Wildman–Crippen MR) is 78.7 cm³/mol. The Bertz CT molecular complexity index is 671. The fraction of sp³-hybridized carbons (Fsp3) is 0.125. The minimum atomic E-state index is -0.818. The van der Waals surface area contributed by atoms with Gasteiger partial charge in [0.15, 0.2) is 17.3 Å². The quantitative estimate of drug-likeness (QED) is 0.388. The van der Waals surface area contributed by atoms with Crippen LogP contribution in [0.1, 0.15) is 12.5 Å². The van der Waals surface area contributed by atoms with E-state index in [2.05, 4.69) is 6.58 Å². The zero-order valence-electron chi connectivity index (χ0n) is 11.6. The average Bonchev–Trinajstić information content (AvgIpc) is 2.91. The number of amides is 1. The molecule has 1 aliphatic heterocycles. The molecule has 2 rings (SSSR count). The number of primary amides is 1. The first-order valence-corrected chi connectivity index (χ1v) is 6.26. The second-order valence-corrected chi connectivity index (χ2v) is 4.54. The highest BCUT2D eigenvalue weighted by molar-refractivity contribution is 6.22. The fourth-order valence-electron chi connectivity index (χ4n) is 1.74. The molecule has 0 bridgehead atoms. The van der Waals surface area contributed by atoms with E-state index in [4.69, 9.17) is 15.2 Å². The molecule has 108 valence electrons. The minimum absolute atomic E-state index is 0.227.